The number of aromatic nitrogens is 3. The highest BCUT2D eigenvalue weighted by Crippen LogP contribution is 2.52. The van der Waals surface area contributed by atoms with Crippen LogP contribution in [-0.2, 0) is 13.2 Å². The summed E-state index contributed by atoms with van der Waals surface area (Å²) in [6.07, 6.45) is 2.25. The third-order valence-corrected chi connectivity index (χ3v) is 8.99. The van der Waals surface area contributed by atoms with Crippen molar-refractivity contribution >= 4 is 28.8 Å². The van der Waals surface area contributed by atoms with Crippen LogP contribution in [0.25, 0.3) is 11.0 Å². The van der Waals surface area contributed by atoms with Gasteiger partial charge in [-0.15, -0.1) is 0 Å². The van der Waals surface area contributed by atoms with Crippen LogP contribution in [0, 0.1) is 50.9 Å². The van der Waals surface area contributed by atoms with Gasteiger partial charge in [0.15, 0.2) is 17.5 Å². The molecule has 45 heavy (non-hydrogen) atoms. The molecule has 13 heteroatoms. The minimum absolute atomic E-state index is 0.0589. The quantitative estimate of drug-likeness (QED) is 0.277. The zero-order valence-corrected chi connectivity index (χ0v) is 23.9. The normalized spacial score (nSPS) is 17.4. The van der Waals surface area contributed by atoms with Gasteiger partial charge in [-0.3, -0.25) is 0 Å². The summed E-state index contributed by atoms with van der Waals surface area (Å²) in [5.74, 6) is -3.35. The molecule has 10 nitrogen and oxygen atoms in total. The van der Waals surface area contributed by atoms with Gasteiger partial charge in [0, 0.05) is 61.6 Å². The molecule has 3 fully saturated rings. The molecule has 0 radical (unpaired) electrons. The number of rotatable bonds is 9. The summed E-state index contributed by atoms with van der Waals surface area (Å²) in [5.41, 5.74) is 1.46. The van der Waals surface area contributed by atoms with E-state index in [0.29, 0.717) is 62.2 Å². The molecule has 0 amide bonds. The number of hydrogen-bond donors (Lipinski definition) is 1. The van der Waals surface area contributed by atoms with E-state index in [1.807, 2.05) is 10.6 Å². The van der Waals surface area contributed by atoms with Crippen molar-refractivity contribution in [2.45, 2.75) is 32.4 Å². The summed E-state index contributed by atoms with van der Waals surface area (Å²) < 4.78 is 51.0. The SMILES string of the molecule is N#CCC1(Cn2c(N3CC4(CN(c5nc(OCc6ccc(C#N)cc6F)c(F)cc5F)C4)C3)nc3ccc(C(=O)O)cc32)CC1. The molecule has 1 aliphatic carbocycles. The number of ether oxygens (including phenoxy) is 1. The number of carboxylic acid groups (broad SMARTS) is 1. The van der Waals surface area contributed by atoms with Crippen molar-refractivity contribution in [3.8, 4) is 18.0 Å². The highest BCUT2D eigenvalue weighted by Gasteiger charge is 2.54. The van der Waals surface area contributed by atoms with Crippen LogP contribution in [0.5, 0.6) is 5.88 Å². The zero-order valence-electron chi connectivity index (χ0n) is 23.9. The van der Waals surface area contributed by atoms with Gasteiger partial charge in [0.2, 0.25) is 5.95 Å². The Morgan fingerprint density at radius 2 is 1.71 bits per heavy atom. The van der Waals surface area contributed by atoms with Gasteiger partial charge in [0.05, 0.1) is 34.3 Å². The highest BCUT2D eigenvalue weighted by molar-refractivity contribution is 5.93. The van der Waals surface area contributed by atoms with Gasteiger partial charge in [-0.05, 0) is 43.2 Å². The van der Waals surface area contributed by atoms with Gasteiger partial charge in [0.1, 0.15) is 12.4 Å². The fourth-order valence-corrected chi connectivity index (χ4v) is 6.37. The molecule has 1 N–H and O–H groups in total. The molecular weight excluding hydrogens is 587 g/mol. The second-order valence-corrected chi connectivity index (χ2v) is 12.3. The Bertz CT molecular complexity index is 1950. The monoisotopic (exact) mass is 613 g/mol. The summed E-state index contributed by atoms with van der Waals surface area (Å²) in [6, 6.07) is 13.5. The second kappa shape index (κ2) is 10.4. The number of pyridine rings is 1. The van der Waals surface area contributed by atoms with Gasteiger partial charge in [0.25, 0.3) is 5.88 Å². The number of nitrogens with zero attached hydrogens (tertiary/aromatic N) is 7. The van der Waals surface area contributed by atoms with Gasteiger partial charge in [-0.1, -0.05) is 6.07 Å². The standard InChI is InChI=1S/C32H26F3N7O3/c33-22-9-19(12-37)1-2-21(22)13-45-28-24(35)11-23(34)27(39-28)40-14-32(15-40)16-41(17-32)30-38-25-4-3-20(29(43)44)10-26(25)42(30)18-31(5-6-31)7-8-36/h1-4,9-11H,5-7,13-18H2,(H,43,44). The first-order valence-electron chi connectivity index (χ1n) is 14.4. The van der Waals surface area contributed by atoms with E-state index in [0.717, 1.165) is 18.9 Å². The maximum Gasteiger partial charge on any atom is 0.335 e. The summed E-state index contributed by atoms with van der Waals surface area (Å²) in [4.78, 5) is 24.4. The van der Waals surface area contributed by atoms with Crippen molar-refractivity contribution in [3.63, 3.8) is 0 Å². The number of carbonyl (C=O) groups is 1. The van der Waals surface area contributed by atoms with Crippen molar-refractivity contribution in [1.29, 1.82) is 10.5 Å². The molecule has 4 aromatic rings. The molecule has 0 unspecified atom stereocenters. The maximum atomic E-state index is 14.8. The van der Waals surface area contributed by atoms with E-state index >= 15 is 0 Å². The van der Waals surface area contributed by atoms with Crippen LogP contribution in [0.3, 0.4) is 0 Å². The molecule has 0 bridgehead atoms. The minimum atomic E-state index is -1.03. The number of benzene rings is 2. The van der Waals surface area contributed by atoms with Crippen molar-refractivity contribution < 1.29 is 27.8 Å². The molecule has 7 rings (SSSR count). The largest absolute Gasteiger partial charge is 0.478 e. The Hall–Kier alpha value is -5.30. The molecular formula is C32H26F3N7O3. The van der Waals surface area contributed by atoms with Crippen LogP contribution in [-0.4, -0.2) is 51.8 Å². The highest BCUT2D eigenvalue weighted by atomic mass is 19.1. The number of hydrogen-bond acceptors (Lipinski definition) is 8. The number of nitriles is 2. The van der Waals surface area contributed by atoms with E-state index < -0.39 is 29.3 Å². The molecule has 1 spiro atoms. The number of imidazole rings is 1. The van der Waals surface area contributed by atoms with Crippen LogP contribution >= 0.6 is 0 Å². The average molecular weight is 614 g/mol. The zero-order chi connectivity index (χ0) is 31.5. The Kier molecular flexibility index (Phi) is 6.58. The van der Waals surface area contributed by atoms with Crippen LogP contribution in [0.4, 0.5) is 24.9 Å². The Morgan fingerprint density at radius 1 is 0.956 bits per heavy atom. The van der Waals surface area contributed by atoms with E-state index in [1.165, 1.54) is 18.2 Å². The third kappa shape index (κ3) is 5.04. The number of aromatic carboxylic acids is 1. The smallest absolute Gasteiger partial charge is 0.335 e. The number of fused-ring (bicyclic) bond motifs is 1. The predicted octanol–water partition coefficient (Wildman–Crippen LogP) is 5.02. The molecule has 2 aromatic heterocycles. The van der Waals surface area contributed by atoms with Crippen molar-refractivity contribution in [1.82, 2.24) is 14.5 Å². The second-order valence-electron chi connectivity index (χ2n) is 12.3. The van der Waals surface area contributed by atoms with E-state index in [1.54, 1.807) is 17.0 Å². The predicted molar refractivity (Wildman–Crippen MR) is 155 cm³/mol. The van der Waals surface area contributed by atoms with E-state index in [-0.39, 0.29) is 39.9 Å². The number of carboxylic acids is 1. The van der Waals surface area contributed by atoms with Gasteiger partial charge < -0.3 is 24.2 Å². The number of anilines is 2. The Morgan fingerprint density at radius 3 is 2.38 bits per heavy atom. The number of halogens is 3. The van der Waals surface area contributed by atoms with Crippen LogP contribution in [0.1, 0.15) is 40.7 Å². The molecule has 0 atom stereocenters. The van der Waals surface area contributed by atoms with E-state index in [4.69, 9.17) is 15.0 Å². The minimum Gasteiger partial charge on any atom is -0.478 e. The van der Waals surface area contributed by atoms with Crippen LogP contribution in [0.15, 0.2) is 42.5 Å². The van der Waals surface area contributed by atoms with E-state index in [2.05, 4.69) is 16.0 Å². The van der Waals surface area contributed by atoms with Crippen molar-refractivity contribution in [2.24, 2.45) is 10.8 Å². The topological polar surface area (TPSA) is 131 Å². The maximum absolute atomic E-state index is 14.8. The lowest BCUT2D eigenvalue weighted by molar-refractivity contribution is 0.0697. The van der Waals surface area contributed by atoms with E-state index in [9.17, 15) is 28.3 Å². The fraction of sp³-hybridized carbons (Fsp3) is 0.344. The van der Waals surface area contributed by atoms with Crippen molar-refractivity contribution in [3.05, 3.63) is 76.6 Å². The summed E-state index contributed by atoms with van der Waals surface area (Å²) in [6.45, 7) is 2.37. The van der Waals surface area contributed by atoms with Crippen LogP contribution in [0.2, 0.25) is 0 Å². The molecule has 228 valence electrons. The fourth-order valence-electron chi connectivity index (χ4n) is 6.37. The molecule has 4 heterocycles. The first kappa shape index (κ1) is 28.5. The molecule has 2 saturated heterocycles. The third-order valence-electron chi connectivity index (χ3n) is 8.99. The summed E-state index contributed by atoms with van der Waals surface area (Å²) >= 11 is 0. The first-order chi connectivity index (χ1) is 21.6. The average Bonchev–Trinajstić information content (AvgIpc) is 3.64. The van der Waals surface area contributed by atoms with Gasteiger partial charge >= 0.3 is 5.97 Å². The molecule has 2 aromatic carbocycles. The first-order valence-corrected chi connectivity index (χ1v) is 14.4. The van der Waals surface area contributed by atoms with Crippen LogP contribution < -0.4 is 14.5 Å². The van der Waals surface area contributed by atoms with Gasteiger partial charge in [-0.25, -0.2) is 22.9 Å². The lowest BCUT2D eigenvalue weighted by Gasteiger charge is -2.60. The van der Waals surface area contributed by atoms with Crippen molar-refractivity contribution in [2.75, 3.05) is 36.0 Å². The Balaban J connectivity index is 1.06. The lowest BCUT2D eigenvalue weighted by atomic mass is 9.73. The van der Waals surface area contributed by atoms with Gasteiger partial charge in [-0.2, -0.15) is 15.5 Å². The molecule has 2 aliphatic heterocycles. The lowest BCUT2D eigenvalue weighted by Crippen LogP contribution is -2.73. The molecule has 3 aliphatic rings. The summed E-state index contributed by atoms with van der Waals surface area (Å²) in [7, 11) is 0. The molecule has 1 saturated carbocycles. The Labute approximate surface area is 255 Å². The summed E-state index contributed by atoms with van der Waals surface area (Å²) in [5, 5.41) is 27.8.